The highest BCUT2D eigenvalue weighted by atomic mass is 79.9. The van der Waals surface area contributed by atoms with Crippen molar-refractivity contribution in [2.24, 2.45) is 0 Å². The van der Waals surface area contributed by atoms with Crippen LogP contribution >= 0.6 is 27.5 Å². The molecule has 0 saturated heterocycles. The summed E-state index contributed by atoms with van der Waals surface area (Å²) in [6.07, 6.45) is 0. The zero-order chi connectivity index (χ0) is 15.0. The Bertz CT molecular complexity index is 836. The summed E-state index contributed by atoms with van der Waals surface area (Å²) in [5.41, 5.74) is 3.27. The Balaban J connectivity index is 2.04. The molecule has 0 spiro atoms. The molecule has 0 aliphatic rings. The Labute approximate surface area is 135 Å². The van der Waals surface area contributed by atoms with Gasteiger partial charge in [0.1, 0.15) is 0 Å². The van der Waals surface area contributed by atoms with E-state index in [4.69, 9.17) is 16.0 Å². The van der Waals surface area contributed by atoms with Gasteiger partial charge < -0.3 is 4.42 Å². The summed E-state index contributed by atoms with van der Waals surface area (Å²) in [5.74, 6) is -0.334. The first-order valence-corrected chi connectivity index (χ1v) is 7.86. The molecule has 1 unspecified atom stereocenters. The Morgan fingerprint density at radius 1 is 1.19 bits per heavy atom. The summed E-state index contributed by atoms with van der Waals surface area (Å²) >= 11 is 9.93. The normalized spacial score (nSPS) is 12.7. The SMILES string of the molecule is CCn1c(=O)oc2cc(C(Cl)c3ccc(Br)cc3)ccc21. The molecule has 0 N–H and O–H groups in total. The lowest BCUT2D eigenvalue weighted by atomic mass is 10.0. The van der Waals surface area contributed by atoms with Crippen molar-refractivity contribution in [2.45, 2.75) is 18.8 Å². The number of aromatic nitrogens is 1. The van der Waals surface area contributed by atoms with Crippen LogP contribution in [0.15, 0.2) is 56.1 Å². The summed E-state index contributed by atoms with van der Waals surface area (Å²) in [7, 11) is 0. The Kier molecular flexibility index (Phi) is 3.91. The van der Waals surface area contributed by atoms with Gasteiger partial charge in [0.05, 0.1) is 10.9 Å². The molecule has 0 saturated carbocycles. The lowest BCUT2D eigenvalue weighted by Gasteiger charge is -2.10. The Hall–Kier alpha value is -1.52. The van der Waals surface area contributed by atoms with Crippen molar-refractivity contribution < 1.29 is 4.42 Å². The van der Waals surface area contributed by atoms with E-state index in [2.05, 4.69) is 15.9 Å². The molecule has 21 heavy (non-hydrogen) atoms. The molecule has 5 heteroatoms. The monoisotopic (exact) mass is 365 g/mol. The second-order valence-electron chi connectivity index (χ2n) is 4.75. The van der Waals surface area contributed by atoms with Crippen molar-refractivity contribution in [1.29, 1.82) is 0 Å². The van der Waals surface area contributed by atoms with Crippen LogP contribution in [0.2, 0.25) is 0 Å². The molecular weight excluding hydrogens is 354 g/mol. The number of hydrogen-bond acceptors (Lipinski definition) is 2. The highest BCUT2D eigenvalue weighted by Gasteiger charge is 2.14. The summed E-state index contributed by atoms with van der Waals surface area (Å²) in [6.45, 7) is 2.50. The third-order valence-corrected chi connectivity index (χ3v) is 4.50. The van der Waals surface area contributed by atoms with Crippen LogP contribution in [0.4, 0.5) is 0 Å². The first-order valence-electron chi connectivity index (χ1n) is 6.63. The second-order valence-corrected chi connectivity index (χ2v) is 6.11. The van der Waals surface area contributed by atoms with Gasteiger partial charge in [-0.15, -0.1) is 11.6 Å². The van der Waals surface area contributed by atoms with Gasteiger partial charge in [-0.3, -0.25) is 4.57 Å². The summed E-state index contributed by atoms with van der Waals surface area (Å²) in [4.78, 5) is 11.7. The number of rotatable bonds is 3. The smallest absolute Gasteiger partial charge is 0.408 e. The molecule has 3 aromatic rings. The van der Waals surface area contributed by atoms with Crippen molar-refractivity contribution in [3.8, 4) is 0 Å². The van der Waals surface area contributed by atoms with Crippen LogP contribution in [0.25, 0.3) is 11.1 Å². The first-order chi connectivity index (χ1) is 10.1. The minimum Gasteiger partial charge on any atom is -0.408 e. The van der Waals surface area contributed by atoms with E-state index in [0.717, 1.165) is 21.1 Å². The molecule has 3 rings (SSSR count). The maximum atomic E-state index is 11.7. The molecule has 0 bridgehead atoms. The zero-order valence-corrected chi connectivity index (χ0v) is 13.7. The molecule has 0 radical (unpaired) electrons. The minimum atomic E-state index is -0.334. The van der Waals surface area contributed by atoms with E-state index < -0.39 is 0 Å². The van der Waals surface area contributed by atoms with Crippen molar-refractivity contribution in [1.82, 2.24) is 4.57 Å². The third kappa shape index (κ3) is 2.65. The molecule has 2 aromatic carbocycles. The van der Waals surface area contributed by atoms with Crippen LogP contribution in [-0.4, -0.2) is 4.57 Å². The van der Waals surface area contributed by atoms with Crippen LogP contribution in [0.5, 0.6) is 0 Å². The van der Waals surface area contributed by atoms with Crippen LogP contribution in [0, 0.1) is 0 Å². The standard InChI is InChI=1S/C16H13BrClNO2/c1-2-19-13-8-5-11(9-14(13)21-16(19)20)15(18)10-3-6-12(17)7-4-10/h3-9,15H,2H2,1H3. The lowest BCUT2D eigenvalue weighted by molar-refractivity contribution is 0.513. The van der Waals surface area contributed by atoms with Gasteiger partial charge in [0.2, 0.25) is 0 Å². The second kappa shape index (κ2) is 5.70. The maximum absolute atomic E-state index is 11.7. The average molecular weight is 367 g/mol. The average Bonchev–Trinajstić information content (AvgIpc) is 2.81. The van der Waals surface area contributed by atoms with Crippen LogP contribution in [0.1, 0.15) is 23.4 Å². The van der Waals surface area contributed by atoms with Gasteiger partial charge in [0.25, 0.3) is 0 Å². The van der Waals surface area contributed by atoms with Crippen molar-refractivity contribution in [3.63, 3.8) is 0 Å². The number of aryl methyl sites for hydroxylation is 1. The van der Waals surface area contributed by atoms with Gasteiger partial charge in [-0.25, -0.2) is 4.79 Å². The molecule has 0 aliphatic heterocycles. The number of oxazole rings is 1. The predicted molar refractivity (Wildman–Crippen MR) is 88.0 cm³/mol. The number of benzene rings is 2. The summed E-state index contributed by atoms with van der Waals surface area (Å²) in [5, 5.41) is -0.280. The van der Waals surface area contributed by atoms with Gasteiger partial charge in [-0.05, 0) is 42.3 Å². The van der Waals surface area contributed by atoms with Gasteiger partial charge >= 0.3 is 5.76 Å². The number of halogens is 2. The van der Waals surface area contributed by atoms with Gasteiger partial charge in [0.15, 0.2) is 5.58 Å². The predicted octanol–water partition coefficient (Wildman–Crippen LogP) is 4.71. The number of nitrogens with zero attached hydrogens (tertiary/aromatic N) is 1. The number of fused-ring (bicyclic) bond motifs is 1. The largest absolute Gasteiger partial charge is 0.419 e. The number of hydrogen-bond donors (Lipinski definition) is 0. The van der Waals surface area contributed by atoms with Crippen LogP contribution in [-0.2, 0) is 6.54 Å². The van der Waals surface area contributed by atoms with E-state index in [-0.39, 0.29) is 11.1 Å². The minimum absolute atomic E-state index is 0.280. The molecule has 0 aliphatic carbocycles. The summed E-state index contributed by atoms with van der Waals surface area (Å²) < 4.78 is 7.89. The first kappa shape index (κ1) is 14.4. The third-order valence-electron chi connectivity index (χ3n) is 3.46. The van der Waals surface area contributed by atoms with Crippen molar-refractivity contribution in [2.75, 3.05) is 0 Å². The van der Waals surface area contributed by atoms with Crippen molar-refractivity contribution >= 4 is 38.6 Å². The quantitative estimate of drug-likeness (QED) is 0.630. The van der Waals surface area contributed by atoms with E-state index in [9.17, 15) is 4.79 Å². The van der Waals surface area contributed by atoms with E-state index in [0.29, 0.717) is 12.1 Å². The molecule has 108 valence electrons. The van der Waals surface area contributed by atoms with Crippen LogP contribution < -0.4 is 5.76 Å². The van der Waals surface area contributed by atoms with Gasteiger partial charge in [-0.1, -0.05) is 34.1 Å². The molecule has 3 nitrogen and oxygen atoms in total. The maximum Gasteiger partial charge on any atom is 0.419 e. The fraction of sp³-hybridized carbons (Fsp3) is 0.188. The molecule has 1 atom stereocenters. The van der Waals surface area contributed by atoms with Crippen LogP contribution in [0.3, 0.4) is 0 Å². The number of alkyl halides is 1. The molecule has 0 amide bonds. The highest BCUT2D eigenvalue weighted by molar-refractivity contribution is 9.10. The van der Waals surface area contributed by atoms with E-state index >= 15 is 0 Å². The molecular formula is C16H13BrClNO2. The zero-order valence-electron chi connectivity index (χ0n) is 11.3. The fourth-order valence-electron chi connectivity index (χ4n) is 2.36. The fourth-order valence-corrected chi connectivity index (χ4v) is 2.91. The molecule has 0 fully saturated rings. The lowest BCUT2D eigenvalue weighted by Crippen LogP contribution is -2.11. The highest BCUT2D eigenvalue weighted by Crippen LogP contribution is 2.31. The van der Waals surface area contributed by atoms with Gasteiger partial charge in [0, 0.05) is 11.0 Å². The van der Waals surface area contributed by atoms with E-state index in [1.165, 1.54) is 0 Å². The van der Waals surface area contributed by atoms with Crippen molar-refractivity contribution in [3.05, 3.63) is 68.6 Å². The van der Waals surface area contributed by atoms with Gasteiger partial charge in [-0.2, -0.15) is 0 Å². The molecule has 1 heterocycles. The molecule has 1 aromatic heterocycles. The Morgan fingerprint density at radius 2 is 1.86 bits per heavy atom. The Morgan fingerprint density at radius 3 is 2.52 bits per heavy atom. The summed E-state index contributed by atoms with van der Waals surface area (Å²) in [6, 6.07) is 13.5. The van der Waals surface area contributed by atoms with E-state index in [1.54, 1.807) is 4.57 Å². The topological polar surface area (TPSA) is 35.1 Å². The van der Waals surface area contributed by atoms with E-state index in [1.807, 2.05) is 49.4 Å².